The highest BCUT2D eigenvalue weighted by molar-refractivity contribution is 8.00. The largest absolute Gasteiger partial charge is 0.503 e. The van der Waals surface area contributed by atoms with Crippen LogP contribution in [-0.2, 0) is 10.5 Å². The van der Waals surface area contributed by atoms with E-state index in [0.29, 0.717) is 43.6 Å². The summed E-state index contributed by atoms with van der Waals surface area (Å²) in [6.07, 6.45) is 1.93. The Hall–Kier alpha value is -3.61. The average Bonchev–Trinajstić information content (AvgIpc) is 3.64. The van der Waals surface area contributed by atoms with Crippen LogP contribution in [0.5, 0.6) is 5.75 Å². The molecule has 0 fully saturated rings. The number of aliphatic hydroxyl groups excluding tert-OH is 1. The van der Waals surface area contributed by atoms with Crippen molar-refractivity contribution in [2.24, 2.45) is 0 Å². The van der Waals surface area contributed by atoms with Crippen LogP contribution in [0.2, 0.25) is 0 Å². The number of nitrogens with zero attached hydrogens (tertiary/aromatic N) is 4. The number of benzene rings is 2. The molecule has 2 aromatic heterocycles. The number of hydrogen-bond acceptors (Lipinski definition) is 10. The van der Waals surface area contributed by atoms with Gasteiger partial charge in [-0.15, -0.1) is 21.5 Å². The van der Waals surface area contributed by atoms with Crippen LogP contribution in [-0.4, -0.2) is 38.6 Å². The summed E-state index contributed by atoms with van der Waals surface area (Å²) in [6, 6.07) is 12.4. The highest BCUT2D eigenvalue weighted by Crippen LogP contribution is 2.44. The minimum absolute atomic E-state index is 0.0304. The molecule has 4 aromatic rings. The van der Waals surface area contributed by atoms with Gasteiger partial charge in [0.15, 0.2) is 10.1 Å². The Morgan fingerprint density at radius 2 is 1.83 bits per heavy atom. The van der Waals surface area contributed by atoms with Crippen LogP contribution in [0, 0.1) is 19.7 Å². The summed E-state index contributed by atoms with van der Waals surface area (Å²) in [5.74, 6) is -0.912. The molecule has 0 saturated heterocycles. The highest BCUT2D eigenvalue weighted by atomic mass is 32.2. The van der Waals surface area contributed by atoms with Gasteiger partial charge in [-0.25, -0.2) is 9.37 Å². The minimum Gasteiger partial charge on any atom is -0.503 e. The van der Waals surface area contributed by atoms with E-state index in [4.69, 9.17) is 4.74 Å². The number of aliphatic hydroxyl groups is 1. The molecule has 1 atom stereocenters. The van der Waals surface area contributed by atoms with E-state index in [2.05, 4.69) is 22.1 Å². The van der Waals surface area contributed by atoms with Crippen molar-refractivity contribution in [2.75, 3.05) is 11.5 Å². The van der Waals surface area contributed by atoms with Crippen LogP contribution in [0.15, 0.2) is 64.2 Å². The van der Waals surface area contributed by atoms with E-state index in [-0.39, 0.29) is 16.5 Å². The molecule has 0 spiro atoms. The molecule has 8 nitrogen and oxygen atoms in total. The van der Waals surface area contributed by atoms with Gasteiger partial charge in [-0.2, -0.15) is 0 Å². The zero-order valence-electron chi connectivity index (χ0n) is 22.6. The van der Waals surface area contributed by atoms with Crippen molar-refractivity contribution >= 4 is 51.3 Å². The number of thiazole rings is 1. The highest BCUT2D eigenvalue weighted by Gasteiger charge is 2.46. The summed E-state index contributed by atoms with van der Waals surface area (Å²) in [4.78, 5) is 33.4. The summed E-state index contributed by atoms with van der Waals surface area (Å²) in [5.41, 5.74) is 2.03. The fourth-order valence-electron chi connectivity index (χ4n) is 4.38. The van der Waals surface area contributed by atoms with Gasteiger partial charge in [0.25, 0.3) is 5.91 Å². The molecule has 41 heavy (non-hydrogen) atoms. The molecule has 0 aliphatic carbocycles. The number of unbranched alkanes of at least 4 members (excludes halogenated alkanes) is 1. The maximum atomic E-state index is 13.8. The Kier molecular flexibility index (Phi) is 8.81. The second-order valence-corrected chi connectivity index (χ2v) is 12.7. The van der Waals surface area contributed by atoms with Crippen LogP contribution < -0.4 is 9.64 Å². The fraction of sp³-hybridized carbons (Fsp3) is 0.276. The lowest BCUT2D eigenvalue weighted by molar-refractivity contribution is -0.117. The summed E-state index contributed by atoms with van der Waals surface area (Å²) < 4.78 is 19.6. The van der Waals surface area contributed by atoms with Gasteiger partial charge in [-0.1, -0.05) is 60.7 Å². The Bertz CT molecular complexity index is 1600. The van der Waals surface area contributed by atoms with E-state index in [0.717, 1.165) is 18.4 Å². The molecular formula is C29H27FN4O4S3. The smallest absolute Gasteiger partial charge is 0.296 e. The van der Waals surface area contributed by atoms with Gasteiger partial charge in [-0.3, -0.25) is 14.5 Å². The van der Waals surface area contributed by atoms with Crippen molar-refractivity contribution in [3.8, 4) is 5.75 Å². The molecule has 1 aliphatic rings. The van der Waals surface area contributed by atoms with Crippen LogP contribution in [0.4, 0.5) is 9.52 Å². The van der Waals surface area contributed by atoms with E-state index in [1.807, 2.05) is 0 Å². The number of thioether (sulfide) groups is 1. The third kappa shape index (κ3) is 6.19. The first-order valence-corrected chi connectivity index (χ1v) is 15.6. The van der Waals surface area contributed by atoms with Gasteiger partial charge in [0.1, 0.15) is 11.6 Å². The van der Waals surface area contributed by atoms with E-state index in [1.165, 1.54) is 51.5 Å². The quantitative estimate of drug-likeness (QED) is 0.0837. The number of ketones is 1. The Morgan fingerprint density at radius 3 is 2.49 bits per heavy atom. The second kappa shape index (κ2) is 12.5. The first kappa shape index (κ1) is 28.9. The SMILES string of the molecule is CCCCOc1ccc(C2C(C(=O)c3sc(C)nc3C)=C(O)C(=O)N2c2nnc(SCc3ccc(F)cc3)s2)cc1. The number of halogens is 1. The van der Waals surface area contributed by atoms with Gasteiger partial charge in [0.2, 0.25) is 10.9 Å². The normalized spacial score (nSPS) is 15.2. The van der Waals surface area contributed by atoms with Crippen LogP contribution in [0.3, 0.4) is 0 Å². The summed E-state index contributed by atoms with van der Waals surface area (Å²) in [6.45, 7) is 6.20. The molecule has 12 heteroatoms. The van der Waals surface area contributed by atoms with Crippen molar-refractivity contribution in [3.63, 3.8) is 0 Å². The Labute approximate surface area is 248 Å². The number of amides is 1. The van der Waals surface area contributed by atoms with Gasteiger partial charge < -0.3 is 9.84 Å². The van der Waals surface area contributed by atoms with Crippen molar-refractivity contribution in [1.29, 1.82) is 0 Å². The fourth-order valence-corrected chi connectivity index (χ4v) is 7.08. The van der Waals surface area contributed by atoms with Gasteiger partial charge >= 0.3 is 0 Å². The predicted molar refractivity (Wildman–Crippen MR) is 159 cm³/mol. The number of aromatic nitrogens is 3. The van der Waals surface area contributed by atoms with Crippen molar-refractivity contribution in [3.05, 3.63) is 92.4 Å². The predicted octanol–water partition coefficient (Wildman–Crippen LogP) is 7.00. The standard InChI is InChI=1S/C29H27FN4O4S3/c1-4-5-14-38-21-12-8-19(9-13-21)23-22(24(35)26-16(2)31-17(3)40-26)25(36)27(37)34(23)28-32-33-29(41-28)39-15-18-6-10-20(30)11-7-18/h6-13,23,36H,4-5,14-15H2,1-3H3. The monoisotopic (exact) mass is 610 g/mol. The van der Waals surface area contributed by atoms with Gasteiger partial charge in [0, 0.05) is 5.75 Å². The molecule has 3 heterocycles. The number of aryl methyl sites for hydroxylation is 2. The number of ether oxygens (including phenoxy) is 1. The van der Waals surface area contributed by atoms with Crippen LogP contribution in [0.25, 0.3) is 0 Å². The van der Waals surface area contributed by atoms with Gasteiger partial charge in [0.05, 0.1) is 33.8 Å². The maximum Gasteiger partial charge on any atom is 0.296 e. The second-order valence-electron chi connectivity index (χ2n) is 9.35. The van der Waals surface area contributed by atoms with E-state index in [1.54, 1.807) is 50.2 Å². The van der Waals surface area contributed by atoms with Crippen molar-refractivity contribution in [2.45, 2.75) is 49.7 Å². The van der Waals surface area contributed by atoms with Crippen molar-refractivity contribution in [1.82, 2.24) is 15.2 Å². The third-order valence-electron chi connectivity index (χ3n) is 6.40. The lowest BCUT2D eigenvalue weighted by Gasteiger charge is -2.24. The average molecular weight is 611 g/mol. The van der Waals surface area contributed by atoms with Crippen LogP contribution in [0.1, 0.15) is 57.3 Å². The Balaban J connectivity index is 1.47. The molecule has 1 N–H and O–H groups in total. The topological polar surface area (TPSA) is 106 Å². The Morgan fingerprint density at radius 1 is 1.10 bits per heavy atom. The molecule has 5 rings (SSSR count). The number of hydrogen-bond donors (Lipinski definition) is 1. The van der Waals surface area contributed by atoms with Gasteiger partial charge in [-0.05, 0) is 55.7 Å². The number of anilines is 1. The van der Waals surface area contributed by atoms with E-state index >= 15 is 0 Å². The molecular weight excluding hydrogens is 584 g/mol. The molecule has 1 amide bonds. The van der Waals surface area contributed by atoms with E-state index < -0.39 is 23.5 Å². The number of carbonyl (C=O) groups excluding carboxylic acids is 2. The molecule has 212 valence electrons. The van der Waals surface area contributed by atoms with Crippen LogP contribution >= 0.6 is 34.4 Å². The third-order valence-corrected chi connectivity index (χ3v) is 9.60. The first-order chi connectivity index (χ1) is 19.8. The summed E-state index contributed by atoms with van der Waals surface area (Å²) in [7, 11) is 0. The molecule has 1 aliphatic heterocycles. The number of carbonyl (C=O) groups is 2. The molecule has 0 saturated carbocycles. The molecule has 0 radical (unpaired) electrons. The molecule has 0 bridgehead atoms. The lowest BCUT2D eigenvalue weighted by atomic mass is 9.95. The van der Waals surface area contributed by atoms with Crippen molar-refractivity contribution < 1.29 is 23.8 Å². The molecule has 2 aromatic carbocycles. The molecule has 1 unspecified atom stereocenters. The summed E-state index contributed by atoms with van der Waals surface area (Å²) >= 11 is 3.80. The zero-order chi connectivity index (χ0) is 29.1. The number of Topliss-reactive ketones (excluding diaryl/α,β-unsaturated/α-hetero) is 1. The minimum atomic E-state index is -0.926. The zero-order valence-corrected chi connectivity index (χ0v) is 25.0. The lowest BCUT2D eigenvalue weighted by Crippen LogP contribution is -2.31. The first-order valence-electron chi connectivity index (χ1n) is 13.0. The summed E-state index contributed by atoms with van der Waals surface area (Å²) in [5, 5.41) is 20.5. The van der Waals surface area contributed by atoms with E-state index in [9.17, 15) is 19.1 Å². The maximum absolute atomic E-state index is 13.8. The number of rotatable bonds is 11.